The number of hydroxylamine groups is 2. The molecule has 0 fully saturated rings. The molecule has 0 saturated heterocycles. The third-order valence-corrected chi connectivity index (χ3v) is 4.82. The molecule has 2 rings (SSSR count). The fourth-order valence-corrected chi connectivity index (χ4v) is 2.85. The minimum absolute atomic E-state index is 0.144. The van der Waals surface area contributed by atoms with E-state index in [1.165, 1.54) is 20.2 Å². The summed E-state index contributed by atoms with van der Waals surface area (Å²) in [4.78, 5) is 26.3. The number of likely N-dealkylation sites (N-methyl/N-ethyl adjacent to an activating group) is 1. The van der Waals surface area contributed by atoms with Crippen LogP contribution in [-0.2, 0) is 14.4 Å². The van der Waals surface area contributed by atoms with Crippen LogP contribution in [0.3, 0.4) is 0 Å². The van der Waals surface area contributed by atoms with Gasteiger partial charge in [0.05, 0.1) is 7.11 Å². The Bertz CT molecular complexity index is 791. The summed E-state index contributed by atoms with van der Waals surface area (Å²) in [5.74, 6) is -2.20. The van der Waals surface area contributed by atoms with Crippen molar-refractivity contribution in [2.45, 2.75) is 12.3 Å². The summed E-state index contributed by atoms with van der Waals surface area (Å²) in [6.07, 6.45) is -3.67. The first-order valence-corrected chi connectivity index (χ1v) is 9.10. The molecule has 0 heterocycles. The number of nitrogens with zero attached hydrogens (tertiary/aromatic N) is 1. The van der Waals surface area contributed by atoms with E-state index in [9.17, 15) is 18.4 Å². The van der Waals surface area contributed by atoms with E-state index in [0.717, 1.165) is 5.06 Å². The Kier molecular flexibility index (Phi) is 9.54. The molecule has 2 aromatic rings. The third kappa shape index (κ3) is 6.67. The molecule has 0 saturated carbocycles. The molecule has 2 atom stereocenters. The van der Waals surface area contributed by atoms with E-state index in [-0.39, 0.29) is 5.56 Å². The summed E-state index contributed by atoms with van der Waals surface area (Å²) in [7, 11) is 2.68. The Labute approximate surface area is 172 Å². The lowest BCUT2D eigenvalue weighted by molar-refractivity contribution is -0.174. The number of carbonyl (C=O) groups is 2. The molecule has 1 amide bonds. The van der Waals surface area contributed by atoms with Gasteiger partial charge in [-0.25, -0.2) is 18.6 Å². The molecule has 0 aromatic heterocycles. The van der Waals surface area contributed by atoms with E-state index in [0.29, 0.717) is 14.5 Å². The standard InChI is InChI=1S/C10H11BrFNO2.C8H6BrFO2/c1-13(15-2)10(14)9(12)7-5-3-4-6-8(7)11;9-6-4-2-1-3-5(6)7(10)8(11)12/h3-6,9H,1-2H3;1-4,7H,(H,11,12). The molecule has 5 nitrogen and oxygen atoms in total. The summed E-state index contributed by atoms with van der Waals surface area (Å²) in [6, 6.07) is 13.0. The van der Waals surface area contributed by atoms with Gasteiger partial charge in [0.25, 0.3) is 5.91 Å². The molecule has 27 heavy (non-hydrogen) atoms. The number of benzene rings is 2. The Morgan fingerprint density at radius 2 is 1.37 bits per heavy atom. The highest BCUT2D eigenvalue weighted by molar-refractivity contribution is 9.10. The van der Waals surface area contributed by atoms with E-state index >= 15 is 0 Å². The van der Waals surface area contributed by atoms with Crippen molar-refractivity contribution in [3.05, 3.63) is 68.6 Å². The highest BCUT2D eigenvalue weighted by Crippen LogP contribution is 2.27. The molecule has 2 unspecified atom stereocenters. The largest absolute Gasteiger partial charge is 0.479 e. The van der Waals surface area contributed by atoms with Gasteiger partial charge in [0.2, 0.25) is 12.3 Å². The van der Waals surface area contributed by atoms with Crippen LogP contribution in [0.15, 0.2) is 57.5 Å². The number of carbonyl (C=O) groups excluding carboxylic acids is 1. The van der Waals surface area contributed by atoms with Crippen molar-refractivity contribution < 1.29 is 28.3 Å². The van der Waals surface area contributed by atoms with Crippen LogP contribution in [0.25, 0.3) is 0 Å². The third-order valence-electron chi connectivity index (χ3n) is 3.37. The lowest BCUT2D eigenvalue weighted by Gasteiger charge is -2.17. The normalized spacial score (nSPS) is 12.4. The van der Waals surface area contributed by atoms with Gasteiger partial charge in [-0.15, -0.1) is 0 Å². The fourth-order valence-electron chi connectivity index (χ4n) is 1.88. The zero-order valence-corrected chi connectivity index (χ0v) is 17.6. The quantitative estimate of drug-likeness (QED) is 0.575. The van der Waals surface area contributed by atoms with Crippen LogP contribution in [0.2, 0.25) is 0 Å². The molecular formula is C18H17Br2F2NO4. The minimum atomic E-state index is -1.96. The summed E-state index contributed by atoms with van der Waals surface area (Å²) < 4.78 is 27.7. The predicted octanol–water partition coefficient (Wildman–Crippen LogP) is 5.02. The van der Waals surface area contributed by atoms with Crippen molar-refractivity contribution in [2.24, 2.45) is 0 Å². The maximum atomic E-state index is 13.7. The second-order valence-corrected chi connectivity index (χ2v) is 6.83. The van der Waals surface area contributed by atoms with Crippen LogP contribution < -0.4 is 0 Å². The van der Waals surface area contributed by atoms with Crippen LogP contribution in [-0.4, -0.2) is 36.2 Å². The molecule has 0 bridgehead atoms. The van der Waals surface area contributed by atoms with E-state index in [4.69, 9.17) is 5.11 Å². The van der Waals surface area contributed by atoms with Crippen molar-refractivity contribution in [3.63, 3.8) is 0 Å². The van der Waals surface area contributed by atoms with Gasteiger partial charge in [-0.3, -0.25) is 9.63 Å². The Morgan fingerprint density at radius 1 is 0.963 bits per heavy atom. The van der Waals surface area contributed by atoms with Crippen LogP contribution >= 0.6 is 31.9 Å². The van der Waals surface area contributed by atoms with Gasteiger partial charge in [0, 0.05) is 27.1 Å². The zero-order valence-electron chi connectivity index (χ0n) is 14.4. The molecule has 2 aromatic carbocycles. The molecule has 9 heteroatoms. The van der Waals surface area contributed by atoms with E-state index < -0.39 is 24.2 Å². The van der Waals surface area contributed by atoms with E-state index in [1.807, 2.05) is 0 Å². The van der Waals surface area contributed by atoms with Gasteiger partial charge in [-0.2, -0.15) is 0 Å². The second-order valence-electron chi connectivity index (χ2n) is 5.12. The van der Waals surface area contributed by atoms with Gasteiger partial charge < -0.3 is 5.11 Å². The van der Waals surface area contributed by atoms with Gasteiger partial charge >= 0.3 is 5.97 Å². The van der Waals surface area contributed by atoms with E-state index in [2.05, 4.69) is 36.7 Å². The van der Waals surface area contributed by atoms with Crippen molar-refractivity contribution in [1.29, 1.82) is 0 Å². The van der Waals surface area contributed by atoms with Crippen LogP contribution in [0.1, 0.15) is 23.5 Å². The van der Waals surface area contributed by atoms with Crippen molar-refractivity contribution in [2.75, 3.05) is 14.2 Å². The molecule has 1 N–H and O–H groups in total. The average Bonchev–Trinajstić information content (AvgIpc) is 2.67. The monoisotopic (exact) mass is 507 g/mol. The molecule has 0 aliphatic carbocycles. The first-order chi connectivity index (χ1) is 12.7. The minimum Gasteiger partial charge on any atom is -0.479 e. The smallest absolute Gasteiger partial charge is 0.343 e. The van der Waals surface area contributed by atoms with Gasteiger partial charge in [-0.1, -0.05) is 68.3 Å². The van der Waals surface area contributed by atoms with Crippen molar-refractivity contribution in [1.82, 2.24) is 5.06 Å². The number of halogens is 4. The first kappa shape index (κ1) is 23.2. The number of hydrogen-bond donors (Lipinski definition) is 1. The maximum Gasteiger partial charge on any atom is 0.343 e. The van der Waals surface area contributed by atoms with Crippen LogP contribution in [0, 0.1) is 0 Å². The second kappa shape index (κ2) is 11.1. The summed E-state index contributed by atoms with van der Waals surface area (Å²) in [5.41, 5.74) is 0.441. The SMILES string of the molecule is CON(C)C(=O)C(F)c1ccccc1Br.O=C(O)C(F)c1ccccc1Br. The number of alkyl halides is 2. The number of carboxylic acid groups (broad SMARTS) is 1. The molecule has 0 aliphatic rings. The lowest BCUT2D eigenvalue weighted by Crippen LogP contribution is -2.29. The molecule has 0 radical (unpaired) electrons. The number of aliphatic carboxylic acids is 1. The van der Waals surface area contributed by atoms with Crippen LogP contribution in [0.4, 0.5) is 8.78 Å². The average molecular weight is 509 g/mol. The Hall–Kier alpha value is -1.84. The van der Waals surface area contributed by atoms with Crippen molar-refractivity contribution in [3.8, 4) is 0 Å². The summed E-state index contributed by atoms with van der Waals surface area (Å²) >= 11 is 6.25. The maximum absolute atomic E-state index is 13.7. The van der Waals surface area contributed by atoms with Gasteiger partial charge in [-0.05, 0) is 12.1 Å². The van der Waals surface area contributed by atoms with Crippen LogP contribution in [0.5, 0.6) is 0 Å². The summed E-state index contributed by atoms with van der Waals surface area (Å²) in [6.45, 7) is 0. The number of rotatable bonds is 5. The lowest BCUT2D eigenvalue weighted by atomic mass is 10.1. The van der Waals surface area contributed by atoms with Gasteiger partial charge in [0.1, 0.15) is 0 Å². The Balaban J connectivity index is 0.000000277. The van der Waals surface area contributed by atoms with Gasteiger partial charge in [0.15, 0.2) is 0 Å². The van der Waals surface area contributed by atoms with Crippen molar-refractivity contribution >= 4 is 43.7 Å². The highest BCUT2D eigenvalue weighted by Gasteiger charge is 2.25. The fraction of sp³-hybridized carbons (Fsp3) is 0.222. The molecule has 146 valence electrons. The number of hydrogen-bond acceptors (Lipinski definition) is 3. The summed E-state index contributed by atoms with van der Waals surface area (Å²) in [5, 5.41) is 9.23. The molecule has 0 aliphatic heterocycles. The number of amides is 1. The predicted molar refractivity (Wildman–Crippen MR) is 103 cm³/mol. The topological polar surface area (TPSA) is 66.8 Å². The highest BCUT2D eigenvalue weighted by atomic mass is 79.9. The molecular weight excluding hydrogens is 492 g/mol. The number of carboxylic acids is 1. The molecule has 0 spiro atoms. The Morgan fingerprint density at radius 3 is 1.74 bits per heavy atom. The first-order valence-electron chi connectivity index (χ1n) is 7.52. The zero-order chi connectivity index (χ0) is 20.6. The van der Waals surface area contributed by atoms with E-state index in [1.54, 1.807) is 42.5 Å².